The van der Waals surface area contributed by atoms with Crippen molar-refractivity contribution in [2.75, 3.05) is 23.7 Å². The van der Waals surface area contributed by atoms with Crippen molar-refractivity contribution in [1.82, 2.24) is 4.90 Å². The normalized spacial score (nSPS) is 20.5. The number of carbonyl (C=O) groups is 2. The summed E-state index contributed by atoms with van der Waals surface area (Å²) in [6.07, 6.45) is 0.681. The molecule has 42 heavy (non-hydrogen) atoms. The molecule has 0 aliphatic carbocycles. The molecule has 0 spiro atoms. The third-order valence-corrected chi connectivity index (χ3v) is 9.52. The Kier molecular flexibility index (Phi) is 8.77. The van der Waals surface area contributed by atoms with Gasteiger partial charge >= 0.3 is 0 Å². The fraction of sp³-hybridized carbons (Fsp3) is 0.355. The van der Waals surface area contributed by atoms with E-state index in [9.17, 15) is 18.0 Å². The van der Waals surface area contributed by atoms with Gasteiger partial charge in [0.15, 0.2) is 0 Å². The average Bonchev–Trinajstić information content (AvgIpc) is 2.95. The Morgan fingerprint density at radius 2 is 1.83 bits per heavy atom. The zero-order valence-electron chi connectivity index (χ0n) is 23.7. The monoisotopic (exact) mass is 611 g/mol. The van der Waals surface area contributed by atoms with Gasteiger partial charge in [0.25, 0.3) is 15.9 Å². The average molecular weight is 612 g/mol. The fourth-order valence-electron chi connectivity index (χ4n) is 5.36. The van der Waals surface area contributed by atoms with E-state index in [-0.39, 0.29) is 58.2 Å². The lowest BCUT2D eigenvalue weighted by Crippen LogP contribution is -2.53. The van der Waals surface area contributed by atoms with Crippen LogP contribution in [0.1, 0.15) is 54.9 Å². The van der Waals surface area contributed by atoms with Gasteiger partial charge in [-0.3, -0.25) is 14.3 Å². The number of likely N-dealkylation sites (N-methyl/N-ethyl adjacent to an activating group) is 1. The topological polar surface area (TPSA) is 114 Å². The van der Waals surface area contributed by atoms with Crippen molar-refractivity contribution in [3.05, 3.63) is 82.9 Å². The predicted octanol–water partition coefficient (Wildman–Crippen LogP) is 5.67. The van der Waals surface area contributed by atoms with Crippen LogP contribution in [0.4, 0.5) is 11.4 Å². The summed E-state index contributed by atoms with van der Waals surface area (Å²) in [7, 11) is -2.28. The molecule has 9 nitrogen and oxygen atoms in total. The van der Waals surface area contributed by atoms with E-state index in [4.69, 9.17) is 21.1 Å². The van der Waals surface area contributed by atoms with Crippen LogP contribution in [-0.4, -0.2) is 57.0 Å². The third kappa shape index (κ3) is 6.56. The molecule has 3 aromatic rings. The first-order valence-corrected chi connectivity index (χ1v) is 15.7. The van der Waals surface area contributed by atoms with Crippen LogP contribution in [0, 0.1) is 0 Å². The number of nitrogens with one attached hydrogen (secondary N) is 2. The van der Waals surface area contributed by atoms with Gasteiger partial charge in [-0.2, -0.15) is 0 Å². The first-order chi connectivity index (χ1) is 20.0. The summed E-state index contributed by atoms with van der Waals surface area (Å²) < 4.78 is 40.7. The molecular weight excluding hydrogens is 578 g/mol. The molecule has 0 radical (unpaired) electrons. The van der Waals surface area contributed by atoms with Gasteiger partial charge < -0.3 is 19.7 Å². The standard InChI is InChI=1S/C31H34ClN3O6S/c1-19(2)20-7-6-8-21(15-20)33-30(36)17-23-12-13-26-28(41-23)18-40-27-14-11-22(16-24(27)31(37)35(26)3)34-42(38,39)29-10-5-4-9-25(29)32/h4-11,14-16,19,23,26,28,34H,12-13,17-18H2,1-3H3,(H,33,36)/t23-,26+,28-/m1/s1. The first-order valence-electron chi connectivity index (χ1n) is 13.9. The van der Waals surface area contributed by atoms with Gasteiger partial charge in [0.2, 0.25) is 5.91 Å². The fourth-order valence-corrected chi connectivity index (χ4v) is 6.93. The summed E-state index contributed by atoms with van der Waals surface area (Å²) in [4.78, 5) is 27.9. The van der Waals surface area contributed by atoms with Gasteiger partial charge in [0.1, 0.15) is 23.4 Å². The van der Waals surface area contributed by atoms with Crippen molar-refractivity contribution < 1.29 is 27.5 Å². The number of ether oxygens (including phenoxy) is 2. The number of hydrogen-bond acceptors (Lipinski definition) is 6. The molecule has 222 valence electrons. The van der Waals surface area contributed by atoms with E-state index < -0.39 is 16.1 Å². The van der Waals surface area contributed by atoms with Gasteiger partial charge in [0.05, 0.1) is 29.2 Å². The Balaban J connectivity index is 1.26. The molecule has 2 aliphatic rings. The number of hydrogen-bond donors (Lipinski definition) is 2. The van der Waals surface area contributed by atoms with Crippen LogP contribution in [0.15, 0.2) is 71.6 Å². The Morgan fingerprint density at radius 3 is 2.60 bits per heavy atom. The van der Waals surface area contributed by atoms with Crippen LogP contribution in [0.5, 0.6) is 5.75 Å². The summed E-state index contributed by atoms with van der Waals surface area (Å²) in [5, 5.41) is 3.06. The minimum absolute atomic E-state index is 0.0624. The molecule has 0 bridgehead atoms. The lowest BCUT2D eigenvalue weighted by molar-refractivity contribution is -0.130. The SMILES string of the molecule is CC(C)c1cccc(NC(=O)C[C@H]2CC[C@H]3[C@@H](COc4ccc(NS(=O)(=O)c5ccccc5Cl)cc4C(=O)N3C)O2)c1. The number of carbonyl (C=O) groups excluding carboxylic acids is 2. The predicted molar refractivity (Wildman–Crippen MR) is 162 cm³/mol. The molecule has 3 aromatic carbocycles. The summed E-state index contributed by atoms with van der Waals surface area (Å²) in [6.45, 7) is 4.38. The minimum atomic E-state index is -3.98. The number of rotatable bonds is 7. The second kappa shape index (κ2) is 12.3. The number of nitrogens with zero attached hydrogens (tertiary/aromatic N) is 1. The maximum Gasteiger partial charge on any atom is 0.263 e. The number of sulfonamides is 1. The van der Waals surface area contributed by atoms with E-state index >= 15 is 0 Å². The van der Waals surface area contributed by atoms with E-state index in [1.807, 2.05) is 24.3 Å². The van der Waals surface area contributed by atoms with Crippen LogP contribution < -0.4 is 14.8 Å². The highest BCUT2D eigenvalue weighted by Gasteiger charge is 2.39. The Hall–Kier alpha value is -3.60. The smallest absolute Gasteiger partial charge is 0.263 e. The first kappa shape index (κ1) is 29.9. The van der Waals surface area contributed by atoms with Crippen LogP contribution in [0.25, 0.3) is 0 Å². The van der Waals surface area contributed by atoms with Crippen molar-refractivity contribution in [1.29, 1.82) is 0 Å². The number of benzene rings is 3. The number of anilines is 2. The number of halogens is 1. The molecule has 3 atom stereocenters. The summed E-state index contributed by atoms with van der Waals surface area (Å²) in [5.74, 6) is 0.226. The maximum absolute atomic E-state index is 13.6. The molecule has 0 aromatic heterocycles. The van der Waals surface area contributed by atoms with Crippen molar-refractivity contribution >= 4 is 44.8 Å². The van der Waals surface area contributed by atoms with Crippen LogP contribution in [0.3, 0.4) is 0 Å². The Labute approximate surface area is 251 Å². The van der Waals surface area contributed by atoms with E-state index in [2.05, 4.69) is 23.9 Å². The zero-order valence-corrected chi connectivity index (χ0v) is 25.2. The van der Waals surface area contributed by atoms with Gasteiger partial charge in [-0.05, 0) is 66.8 Å². The highest BCUT2D eigenvalue weighted by Crippen LogP contribution is 2.33. The second-order valence-corrected chi connectivity index (χ2v) is 13.0. The van der Waals surface area contributed by atoms with Gasteiger partial charge in [-0.25, -0.2) is 8.42 Å². The quantitative estimate of drug-likeness (QED) is 0.356. The Bertz CT molecular complexity index is 1590. The molecule has 1 fully saturated rings. The van der Waals surface area contributed by atoms with Crippen molar-refractivity contribution in [2.24, 2.45) is 0 Å². The van der Waals surface area contributed by atoms with Gasteiger partial charge in [-0.1, -0.05) is 49.7 Å². The molecule has 1 saturated heterocycles. The lowest BCUT2D eigenvalue weighted by atomic mass is 9.94. The second-order valence-electron chi connectivity index (χ2n) is 10.9. The summed E-state index contributed by atoms with van der Waals surface area (Å²) in [5.41, 5.74) is 2.35. The molecule has 2 heterocycles. The van der Waals surface area contributed by atoms with Gasteiger partial charge in [0, 0.05) is 18.4 Å². The number of amides is 2. The maximum atomic E-state index is 13.6. The summed E-state index contributed by atoms with van der Waals surface area (Å²) in [6, 6.07) is 18.2. The summed E-state index contributed by atoms with van der Waals surface area (Å²) >= 11 is 6.09. The minimum Gasteiger partial charge on any atom is -0.490 e. The van der Waals surface area contributed by atoms with E-state index in [1.54, 1.807) is 30.1 Å². The highest BCUT2D eigenvalue weighted by atomic mass is 35.5. The van der Waals surface area contributed by atoms with E-state index in [1.165, 1.54) is 24.3 Å². The molecule has 2 amide bonds. The molecule has 2 N–H and O–H groups in total. The largest absolute Gasteiger partial charge is 0.490 e. The van der Waals surface area contributed by atoms with Crippen molar-refractivity contribution in [2.45, 2.75) is 62.2 Å². The van der Waals surface area contributed by atoms with Crippen LogP contribution >= 0.6 is 11.6 Å². The molecule has 0 unspecified atom stereocenters. The van der Waals surface area contributed by atoms with E-state index in [0.717, 1.165) is 11.3 Å². The third-order valence-electron chi connectivity index (χ3n) is 7.64. The van der Waals surface area contributed by atoms with Gasteiger partial charge in [-0.15, -0.1) is 0 Å². The van der Waals surface area contributed by atoms with E-state index in [0.29, 0.717) is 24.5 Å². The molecule has 2 aliphatic heterocycles. The van der Waals surface area contributed by atoms with Crippen molar-refractivity contribution in [3.8, 4) is 5.75 Å². The highest BCUT2D eigenvalue weighted by molar-refractivity contribution is 7.92. The molecule has 11 heteroatoms. The van der Waals surface area contributed by atoms with Crippen molar-refractivity contribution in [3.63, 3.8) is 0 Å². The number of fused-ring (bicyclic) bond motifs is 2. The van der Waals surface area contributed by atoms with Crippen LogP contribution in [0.2, 0.25) is 5.02 Å². The lowest BCUT2D eigenvalue weighted by Gasteiger charge is -2.42. The Morgan fingerprint density at radius 1 is 1.05 bits per heavy atom. The molecule has 5 rings (SSSR count). The molecular formula is C31H34ClN3O6S. The molecule has 0 saturated carbocycles. The van der Waals surface area contributed by atoms with Crippen LogP contribution in [-0.2, 0) is 19.6 Å². The zero-order chi connectivity index (χ0) is 30.0.